The second kappa shape index (κ2) is 7.98. The lowest BCUT2D eigenvalue weighted by molar-refractivity contribution is -0.115. The van der Waals surface area contributed by atoms with Crippen LogP contribution in [-0.4, -0.2) is 26.1 Å². The highest BCUT2D eigenvalue weighted by Gasteiger charge is 2.15. The van der Waals surface area contributed by atoms with Gasteiger partial charge < -0.3 is 14.3 Å². The molecule has 0 N–H and O–H groups in total. The van der Waals surface area contributed by atoms with Gasteiger partial charge in [0.1, 0.15) is 6.29 Å². The summed E-state index contributed by atoms with van der Waals surface area (Å²) in [6, 6.07) is 10.0. The molecule has 0 aliphatic rings. The highest BCUT2D eigenvalue weighted by atomic mass is 16.5. The smallest absolute Gasteiger partial charge is 0.125 e. The van der Waals surface area contributed by atoms with Crippen molar-refractivity contribution >= 4 is 6.29 Å². The van der Waals surface area contributed by atoms with E-state index in [9.17, 15) is 4.79 Å². The molecule has 0 bridgehead atoms. The standard InChI is InChI=1S/C14H20O3/c1-12(10-15)14(16-2)8-9-17-11-13-6-4-3-5-7-13/h3-7,10,12,14H,8-9,11H2,1-2H3/t12-,14+/m1/s1. The summed E-state index contributed by atoms with van der Waals surface area (Å²) in [5, 5.41) is 0. The van der Waals surface area contributed by atoms with E-state index in [4.69, 9.17) is 9.47 Å². The van der Waals surface area contributed by atoms with E-state index in [0.29, 0.717) is 13.2 Å². The highest BCUT2D eigenvalue weighted by Crippen LogP contribution is 2.09. The van der Waals surface area contributed by atoms with Gasteiger partial charge in [-0.3, -0.25) is 0 Å². The summed E-state index contributed by atoms with van der Waals surface area (Å²) in [7, 11) is 1.63. The van der Waals surface area contributed by atoms with Gasteiger partial charge in [-0.2, -0.15) is 0 Å². The van der Waals surface area contributed by atoms with Crippen molar-refractivity contribution < 1.29 is 14.3 Å². The fourth-order valence-electron chi connectivity index (χ4n) is 1.65. The van der Waals surface area contributed by atoms with Crippen molar-refractivity contribution in [3.05, 3.63) is 35.9 Å². The van der Waals surface area contributed by atoms with Crippen molar-refractivity contribution in [1.82, 2.24) is 0 Å². The Morgan fingerprint density at radius 3 is 2.59 bits per heavy atom. The van der Waals surface area contributed by atoms with Crippen LogP contribution < -0.4 is 0 Å². The molecule has 1 aromatic carbocycles. The summed E-state index contributed by atoms with van der Waals surface area (Å²) in [5.74, 6) is -0.0830. The average Bonchev–Trinajstić information content (AvgIpc) is 2.39. The largest absolute Gasteiger partial charge is 0.381 e. The fourth-order valence-corrected chi connectivity index (χ4v) is 1.65. The van der Waals surface area contributed by atoms with E-state index in [2.05, 4.69) is 0 Å². The number of rotatable bonds is 8. The van der Waals surface area contributed by atoms with E-state index in [0.717, 1.165) is 18.3 Å². The van der Waals surface area contributed by atoms with E-state index in [1.807, 2.05) is 37.3 Å². The zero-order chi connectivity index (χ0) is 12.5. The average molecular weight is 236 g/mol. The molecular weight excluding hydrogens is 216 g/mol. The van der Waals surface area contributed by atoms with Gasteiger partial charge in [0, 0.05) is 19.6 Å². The molecule has 1 aromatic rings. The number of carbonyl (C=O) groups is 1. The molecule has 0 amide bonds. The minimum Gasteiger partial charge on any atom is -0.381 e. The third-order valence-electron chi connectivity index (χ3n) is 2.76. The maximum atomic E-state index is 10.6. The van der Waals surface area contributed by atoms with Gasteiger partial charge in [-0.15, -0.1) is 0 Å². The van der Waals surface area contributed by atoms with E-state index in [1.54, 1.807) is 7.11 Å². The summed E-state index contributed by atoms with van der Waals surface area (Å²) in [6.07, 6.45) is 1.61. The summed E-state index contributed by atoms with van der Waals surface area (Å²) < 4.78 is 10.8. The van der Waals surface area contributed by atoms with Gasteiger partial charge in [-0.05, 0) is 12.0 Å². The Hall–Kier alpha value is -1.19. The number of ether oxygens (including phenoxy) is 2. The summed E-state index contributed by atoms with van der Waals surface area (Å²) in [4.78, 5) is 10.6. The zero-order valence-corrected chi connectivity index (χ0v) is 10.5. The molecule has 0 aromatic heterocycles. The molecule has 0 heterocycles. The van der Waals surface area contributed by atoms with Crippen molar-refractivity contribution in [2.75, 3.05) is 13.7 Å². The van der Waals surface area contributed by atoms with Gasteiger partial charge in [0.15, 0.2) is 0 Å². The predicted molar refractivity (Wildman–Crippen MR) is 66.7 cm³/mol. The summed E-state index contributed by atoms with van der Waals surface area (Å²) in [6.45, 7) is 3.07. The maximum Gasteiger partial charge on any atom is 0.125 e. The Balaban J connectivity index is 2.21. The van der Waals surface area contributed by atoms with Crippen LogP contribution in [0, 0.1) is 5.92 Å². The van der Waals surface area contributed by atoms with Crippen LogP contribution in [0.4, 0.5) is 0 Å². The molecule has 0 unspecified atom stereocenters. The molecule has 0 saturated heterocycles. The third-order valence-corrected chi connectivity index (χ3v) is 2.76. The lowest BCUT2D eigenvalue weighted by atomic mass is 10.0. The van der Waals surface area contributed by atoms with E-state index < -0.39 is 0 Å². The van der Waals surface area contributed by atoms with Crippen molar-refractivity contribution in [3.63, 3.8) is 0 Å². The molecule has 0 aliphatic heterocycles. The normalized spacial score (nSPS) is 14.2. The van der Waals surface area contributed by atoms with Crippen LogP contribution in [0.25, 0.3) is 0 Å². The Morgan fingerprint density at radius 1 is 1.29 bits per heavy atom. The van der Waals surface area contributed by atoms with Gasteiger partial charge in [-0.1, -0.05) is 37.3 Å². The number of methoxy groups -OCH3 is 1. The SMILES string of the molecule is CO[C@@H](CCOCc1ccccc1)[C@H](C)C=O. The molecule has 0 saturated carbocycles. The van der Waals surface area contributed by atoms with Crippen LogP contribution in [0.1, 0.15) is 18.9 Å². The van der Waals surface area contributed by atoms with E-state index >= 15 is 0 Å². The Bertz CT molecular complexity index is 311. The molecule has 0 spiro atoms. The van der Waals surface area contributed by atoms with Crippen LogP contribution in [0.5, 0.6) is 0 Å². The van der Waals surface area contributed by atoms with Crippen LogP contribution >= 0.6 is 0 Å². The maximum absolute atomic E-state index is 10.6. The lowest BCUT2D eigenvalue weighted by Crippen LogP contribution is -2.23. The first-order valence-electron chi connectivity index (χ1n) is 5.87. The van der Waals surface area contributed by atoms with Gasteiger partial charge in [0.2, 0.25) is 0 Å². The Morgan fingerprint density at radius 2 is 2.00 bits per heavy atom. The van der Waals surface area contributed by atoms with E-state index in [1.165, 1.54) is 0 Å². The first-order valence-corrected chi connectivity index (χ1v) is 5.87. The van der Waals surface area contributed by atoms with Crippen LogP contribution in [0.2, 0.25) is 0 Å². The molecular formula is C14H20O3. The van der Waals surface area contributed by atoms with Crippen molar-refractivity contribution in [2.45, 2.75) is 26.1 Å². The van der Waals surface area contributed by atoms with Crippen molar-refractivity contribution in [1.29, 1.82) is 0 Å². The third kappa shape index (κ3) is 5.11. The number of benzene rings is 1. The van der Waals surface area contributed by atoms with Gasteiger partial charge in [0.25, 0.3) is 0 Å². The highest BCUT2D eigenvalue weighted by molar-refractivity contribution is 5.53. The monoisotopic (exact) mass is 236 g/mol. The van der Waals surface area contributed by atoms with Crippen molar-refractivity contribution in [2.24, 2.45) is 5.92 Å². The number of hydrogen-bond acceptors (Lipinski definition) is 3. The Kier molecular flexibility index (Phi) is 6.51. The summed E-state index contributed by atoms with van der Waals surface area (Å²) in [5.41, 5.74) is 1.16. The molecule has 0 aliphatic carbocycles. The lowest BCUT2D eigenvalue weighted by Gasteiger charge is -2.17. The number of carbonyl (C=O) groups excluding carboxylic acids is 1. The second-order valence-corrected chi connectivity index (χ2v) is 4.10. The first kappa shape index (κ1) is 13.9. The molecule has 17 heavy (non-hydrogen) atoms. The van der Waals surface area contributed by atoms with E-state index in [-0.39, 0.29) is 12.0 Å². The van der Waals surface area contributed by atoms with Crippen LogP contribution in [0.3, 0.4) is 0 Å². The predicted octanol–water partition coefficient (Wildman–Crippen LogP) is 2.44. The zero-order valence-electron chi connectivity index (χ0n) is 10.5. The van der Waals surface area contributed by atoms with Gasteiger partial charge >= 0.3 is 0 Å². The molecule has 2 atom stereocenters. The topological polar surface area (TPSA) is 35.5 Å². The van der Waals surface area contributed by atoms with Gasteiger partial charge in [-0.25, -0.2) is 0 Å². The second-order valence-electron chi connectivity index (χ2n) is 4.10. The van der Waals surface area contributed by atoms with Crippen LogP contribution in [-0.2, 0) is 20.9 Å². The number of hydrogen-bond donors (Lipinski definition) is 0. The first-order chi connectivity index (χ1) is 8.27. The molecule has 0 fully saturated rings. The molecule has 0 radical (unpaired) electrons. The molecule has 3 nitrogen and oxygen atoms in total. The van der Waals surface area contributed by atoms with Crippen molar-refractivity contribution in [3.8, 4) is 0 Å². The van der Waals surface area contributed by atoms with Gasteiger partial charge in [0.05, 0.1) is 12.7 Å². The minimum absolute atomic E-state index is 0.0525. The molecule has 94 valence electrons. The fraction of sp³-hybridized carbons (Fsp3) is 0.500. The quantitative estimate of drug-likeness (QED) is 0.513. The minimum atomic E-state index is -0.0830. The van der Waals surface area contributed by atoms with Crippen LogP contribution in [0.15, 0.2) is 30.3 Å². The Labute approximate surface area is 103 Å². The summed E-state index contributed by atoms with van der Waals surface area (Å²) >= 11 is 0. The number of aldehydes is 1. The molecule has 3 heteroatoms. The molecule has 1 rings (SSSR count).